The average Bonchev–Trinajstić information content (AvgIpc) is 3.52. The number of aromatic nitrogens is 2. The van der Waals surface area contributed by atoms with E-state index in [-0.39, 0.29) is 24.4 Å². The van der Waals surface area contributed by atoms with Crippen LogP contribution in [0.25, 0.3) is 11.3 Å². The largest absolute Gasteiger partial charge is 0.454 e. The maximum Gasteiger partial charge on any atom is 0.276 e. The number of benzene rings is 1. The summed E-state index contributed by atoms with van der Waals surface area (Å²) in [4.78, 5) is 14.8. The highest BCUT2D eigenvalue weighted by atomic mass is 16.7. The van der Waals surface area contributed by atoms with Crippen LogP contribution in [0.3, 0.4) is 0 Å². The number of aryl methyl sites for hydroxylation is 1. The molecule has 0 N–H and O–H groups in total. The van der Waals surface area contributed by atoms with Gasteiger partial charge in [-0.25, -0.2) is 0 Å². The van der Waals surface area contributed by atoms with Gasteiger partial charge in [0.25, 0.3) is 5.91 Å². The van der Waals surface area contributed by atoms with Crippen molar-refractivity contribution in [3.63, 3.8) is 0 Å². The van der Waals surface area contributed by atoms with E-state index in [9.17, 15) is 4.79 Å². The van der Waals surface area contributed by atoms with Crippen LogP contribution >= 0.6 is 0 Å². The van der Waals surface area contributed by atoms with Crippen LogP contribution in [0.15, 0.2) is 39.4 Å². The number of ether oxygens (including phenoxy) is 2. The van der Waals surface area contributed by atoms with E-state index in [0.717, 1.165) is 36.3 Å². The Kier molecular flexibility index (Phi) is 4.03. The van der Waals surface area contributed by atoms with Gasteiger partial charge in [0.2, 0.25) is 6.79 Å². The predicted octanol–water partition coefficient (Wildman–Crippen LogP) is 3.60. The van der Waals surface area contributed by atoms with E-state index in [2.05, 4.69) is 10.3 Å². The summed E-state index contributed by atoms with van der Waals surface area (Å²) < 4.78 is 21.6. The van der Waals surface area contributed by atoms with E-state index in [0.29, 0.717) is 23.8 Å². The SMILES string of the molecule is CCc1cc([C@@H]2CCCN2C(=O)c2cc(-c3ccc4c(c3)OCO4)on2)on1. The van der Waals surface area contributed by atoms with Crippen LogP contribution in [-0.2, 0) is 6.42 Å². The standard InChI is InChI=1S/C20H19N3O5/c1-2-13-9-18(28-21-13)15-4-3-7-23(15)20(24)14-10-17(27-22-14)12-5-6-16-19(8-12)26-11-25-16/h5-6,8-10,15H,2-4,7,11H2,1H3/t15-/m0/s1. The molecule has 1 amide bonds. The third kappa shape index (κ3) is 2.81. The second-order valence-electron chi connectivity index (χ2n) is 6.88. The van der Waals surface area contributed by atoms with Gasteiger partial charge in [0.15, 0.2) is 28.7 Å². The van der Waals surface area contributed by atoms with E-state index in [1.165, 1.54) is 0 Å². The Hall–Kier alpha value is -3.29. The highest BCUT2D eigenvalue weighted by Crippen LogP contribution is 2.37. The smallest absolute Gasteiger partial charge is 0.276 e. The minimum atomic E-state index is -0.173. The fourth-order valence-electron chi connectivity index (χ4n) is 3.67. The number of nitrogens with zero attached hydrogens (tertiary/aromatic N) is 3. The van der Waals surface area contributed by atoms with Crippen molar-refractivity contribution in [2.75, 3.05) is 13.3 Å². The predicted molar refractivity (Wildman–Crippen MR) is 97.0 cm³/mol. The van der Waals surface area contributed by atoms with Crippen LogP contribution in [-0.4, -0.2) is 34.5 Å². The molecule has 8 heteroatoms. The molecule has 4 heterocycles. The Morgan fingerprint density at radius 3 is 2.89 bits per heavy atom. The van der Waals surface area contributed by atoms with Crippen molar-refractivity contribution in [2.24, 2.45) is 0 Å². The van der Waals surface area contributed by atoms with Gasteiger partial charge < -0.3 is 23.4 Å². The van der Waals surface area contributed by atoms with Gasteiger partial charge in [0.1, 0.15) is 0 Å². The van der Waals surface area contributed by atoms with Gasteiger partial charge in [0, 0.05) is 24.2 Å². The number of hydrogen-bond donors (Lipinski definition) is 0. The van der Waals surface area contributed by atoms with Crippen LogP contribution in [0.4, 0.5) is 0 Å². The van der Waals surface area contributed by atoms with Crippen molar-refractivity contribution in [2.45, 2.75) is 32.2 Å². The molecule has 8 nitrogen and oxygen atoms in total. The zero-order valence-corrected chi connectivity index (χ0v) is 15.4. The molecule has 1 fully saturated rings. The molecule has 1 atom stereocenters. The van der Waals surface area contributed by atoms with Crippen LogP contribution in [0, 0.1) is 0 Å². The Morgan fingerprint density at radius 1 is 1.14 bits per heavy atom. The third-order valence-corrected chi connectivity index (χ3v) is 5.17. The molecular weight excluding hydrogens is 362 g/mol. The molecule has 28 heavy (non-hydrogen) atoms. The first-order chi connectivity index (χ1) is 13.7. The maximum absolute atomic E-state index is 13.0. The molecule has 2 aliphatic heterocycles. The van der Waals surface area contributed by atoms with Gasteiger partial charge in [-0.05, 0) is 37.5 Å². The lowest BCUT2D eigenvalue weighted by Crippen LogP contribution is -2.30. The van der Waals surface area contributed by atoms with E-state index in [1.54, 1.807) is 11.0 Å². The summed E-state index contributed by atoms with van der Waals surface area (Å²) in [7, 11) is 0. The van der Waals surface area contributed by atoms with Crippen LogP contribution in [0.2, 0.25) is 0 Å². The zero-order valence-electron chi connectivity index (χ0n) is 15.4. The average molecular weight is 381 g/mol. The zero-order chi connectivity index (χ0) is 19.1. The van der Waals surface area contributed by atoms with Crippen molar-refractivity contribution >= 4 is 5.91 Å². The monoisotopic (exact) mass is 381 g/mol. The van der Waals surface area contributed by atoms with Gasteiger partial charge in [-0.3, -0.25) is 4.79 Å². The second kappa shape index (κ2) is 6.70. The maximum atomic E-state index is 13.0. The lowest BCUT2D eigenvalue weighted by atomic mass is 10.1. The summed E-state index contributed by atoms with van der Waals surface area (Å²) in [6.07, 6.45) is 2.55. The molecule has 3 aromatic rings. The van der Waals surface area contributed by atoms with E-state index in [4.69, 9.17) is 18.5 Å². The molecule has 0 bridgehead atoms. The number of hydrogen-bond acceptors (Lipinski definition) is 7. The van der Waals surface area contributed by atoms with Crippen molar-refractivity contribution in [3.8, 4) is 22.8 Å². The van der Waals surface area contributed by atoms with E-state index in [1.807, 2.05) is 31.2 Å². The minimum Gasteiger partial charge on any atom is -0.454 e. The first-order valence-corrected chi connectivity index (χ1v) is 9.36. The van der Waals surface area contributed by atoms with Gasteiger partial charge in [-0.15, -0.1) is 0 Å². The van der Waals surface area contributed by atoms with Gasteiger partial charge in [-0.1, -0.05) is 17.2 Å². The second-order valence-corrected chi connectivity index (χ2v) is 6.88. The molecule has 0 saturated carbocycles. The molecule has 1 saturated heterocycles. The molecule has 0 radical (unpaired) electrons. The Labute approximate surface area is 161 Å². The number of carbonyl (C=O) groups is 1. The van der Waals surface area contributed by atoms with E-state index < -0.39 is 0 Å². The fraction of sp³-hybridized carbons (Fsp3) is 0.350. The summed E-state index contributed by atoms with van der Waals surface area (Å²) in [5.41, 5.74) is 1.94. The molecule has 2 aliphatic rings. The summed E-state index contributed by atoms with van der Waals surface area (Å²) in [5.74, 6) is 2.40. The summed E-state index contributed by atoms with van der Waals surface area (Å²) in [5, 5.41) is 8.04. The van der Waals surface area contributed by atoms with Crippen molar-refractivity contribution in [1.29, 1.82) is 0 Å². The highest BCUT2D eigenvalue weighted by molar-refractivity contribution is 5.93. The lowest BCUT2D eigenvalue weighted by molar-refractivity contribution is 0.0704. The number of rotatable bonds is 4. The number of likely N-dealkylation sites (tertiary alicyclic amines) is 1. The van der Waals surface area contributed by atoms with Crippen molar-refractivity contribution in [1.82, 2.24) is 15.2 Å². The van der Waals surface area contributed by atoms with Crippen molar-refractivity contribution in [3.05, 3.63) is 47.5 Å². The number of carbonyl (C=O) groups excluding carboxylic acids is 1. The minimum absolute atomic E-state index is 0.119. The van der Waals surface area contributed by atoms with Gasteiger partial charge in [-0.2, -0.15) is 0 Å². The third-order valence-electron chi connectivity index (χ3n) is 5.17. The molecule has 1 aromatic carbocycles. The molecule has 144 valence electrons. The molecule has 2 aromatic heterocycles. The molecular formula is C20H19N3O5. The van der Waals surface area contributed by atoms with Gasteiger partial charge in [0.05, 0.1) is 11.7 Å². The van der Waals surface area contributed by atoms with Crippen LogP contribution < -0.4 is 9.47 Å². The summed E-state index contributed by atoms with van der Waals surface area (Å²) in [6, 6.07) is 8.95. The number of fused-ring (bicyclic) bond motifs is 1. The lowest BCUT2D eigenvalue weighted by Gasteiger charge is -2.21. The normalized spacial score (nSPS) is 18.0. The Bertz CT molecular complexity index is 1020. The quantitative estimate of drug-likeness (QED) is 0.682. The topological polar surface area (TPSA) is 90.8 Å². The molecule has 0 unspecified atom stereocenters. The van der Waals surface area contributed by atoms with Crippen LogP contribution in [0.1, 0.15) is 47.7 Å². The highest BCUT2D eigenvalue weighted by Gasteiger charge is 2.34. The Morgan fingerprint density at radius 2 is 2.04 bits per heavy atom. The van der Waals surface area contributed by atoms with Crippen molar-refractivity contribution < 1.29 is 23.3 Å². The van der Waals surface area contributed by atoms with Crippen LogP contribution in [0.5, 0.6) is 11.5 Å². The Balaban J connectivity index is 1.38. The molecule has 0 spiro atoms. The summed E-state index contributed by atoms with van der Waals surface area (Å²) >= 11 is 0. The molecule has 0 aliphatic carbocycles. The first-order valence-electron chi connectivity index (χ1n) is 9.36. The fourth-order valence-corrected chi connectivity index (χ4v) is 3.67. The molecule has 5 rings (SSSR count). The summed E-state index contributed by atoms with van der Waals surface area (Å²) in [6.45, 7) is 2.88. The first kappa shape index (κ1) is 16.9. The van der Waals surface area contributed by atoms with Gasteiger partial charge >= 0.3 is 0 Å². The number of amides is 1. The van der Waals surface area contributed by atoms with E-state index >= 15 is 0 Å².